The third-order valence-electron chi connectivity index (χ3n) is 5.38. The number of likely N-dealkylation sites (tertiary alicyclic amines) is 1. The minimum Gasteiger partial charge on any atom is -0.355 e. The first-order chi connectivity index (χ1) is 12.3. The molecule has 1 saturated heterocycles. The molecule has 1 N–H and O–H groups in total. The van der Waals surface area contributed by atoms with Crippen LogP contribution in [0.2, 0.25) is 0 Å². The van der Waals surface area contributed by atoms with Gasteiger partial charge in [0.1, 0.15) is 5.41 Å². The van der Waals surface area contributed by atoms with E-state index in [1.54, 1.807) is 13.8 Å². The molecule has 0 spiro atoms. The second kappa shape index (κ2) is 9.20. The van der Waals surface area contributed by atoms with Crippen molar-refractivity contribution in [3.05, 3.63) is 35.9 Å². The molecule has 26 heavy (non-hydrogen) atoms. The number of hydrogen-bond acceptors (Lipinski definition) is 2. The Balaban J connectivity index is 1.83. The third kappa shape index (κ3) is 5.58. The molecule has 1 heterocycles. The zero-order valence-corrected chi connectivity index (χ0v) is 16.8. The van der Waals surface area contributed by atoms with Gasteiger partial charge in [0, 0.05) is 19.6 Å². The van der Waals surface area contributed by atoms with E-state index in [4.69, 9.17) is 0 Å². The van der Waals surface area contributed by atoms with Crippen LogP contribution in [0.4, 0.5) is 0 Å². The highest BCUT2D eigenvalue weighted by Gasteiger charge is 2.39. The summed E-state index contributed by atoms with van der Waals surface area (Å²) in [6.45, 7) is 9.88. The van der Waals surface area contributed by atoms with Crippen molar-refractivity contribution < 1.29 is 9.59 Å². The monoisotopic (exact) mass is 358 g/mol. The topological polar surface area (TPSA) is 49.4 Å². The zero-order valence-electron chi connectivity index (χ0n) is 16.8. The van der Waals surface area contributed by atoms with Crippen molar-refractivity contribution in [3.8, 4) is 0 Å². The molecule has 0 atom stereocenters. The first-order valence-corrected chi connectivity index (χ1v) is 9.92. The summed E-state index contributed by atoms with van der Waals surface area (Å²) in [4.78, 5) is 27.2. The summed E-state index contributed by atoms with van der Waals surface area (Å²) < 4.78 is 0. The Hall–Kier alpha value is -1.84. The molecular formula is C22H34N2O2. The van der Waals surface area contributed by atoms with Crippen LogP contribution in [0, 0.1) is 17.3 Å². The van der Waals surface area contributed by atoms with E-state index in [1.165, 1.54) is 5.56 Å². The normalized spacial score (nSPS) is 16.0. The first-order valence-electron chi connectivity index (χ1n) is 9.92. The molecule has 4 nitrogen and oxygen atoms in total. The SMILES string of the molecule is CC(C)CCNC(=O)C(C)(C)C(=O)N1CCC(Cc2ccccc2)CC1. The van der Waals surface area contributed by atoms with Crippen LogP contribution >= 0.6 is 0 Å². The van der Waals surface area contributed by atoms with Crippen LogP contribution in [0.15, 0.2) is 30.3 Å². The van der Waals surface area contributed by atoms with E-state index in [-0.39, 0.29) is 11.8 Å². The fourth-order valence-corrected chi connectivity index (χ4v) is 3.48. The number of benzene rings is 1. The highest BCUT2D eigenvalue weighted by Crippen LogP contribution is 2.26. The quantitative estimate of drug-likeness (QED) is 0.756. The van der Waals surface area contributed by atoms with Crippen molar-refractivity contribution in [1.82, 2.24) is 10.2 Å². The van der Waals surface area contributed by atoms with Crippen molar-refractivity contribution in [2.45, 2.75) is 53.4 Å². The van der Waals surface area contributed by atoms with Crippen molar-refractivity contribution in [2.24, 2.45) is 17.3 Å². The lowest BCUT2D eigenvalue weighted by Gasteiger charge is -2.36. The van der Waals surface area contributed by atoms with Gasteiger partial charge in [0.2, 0.25) is 11.8 Å². The van der Waals surface area contributed by atoms with Gasteiger partial charge >= 0.3 is 0 Å². The van der Waals surface area contributed by atoms with E-state index in [0.717, 1.165) is 38.8 Å². The van der Waals surface area contributed by atoms with E-state index in [2.05, 4.69) is 43.4 Å². The maximum atomic E-state index is 12.9. The van der Waals surface area contributed by atoms with Gasteiger partial charge in [-0.1, -0.05) is 44.2 Å². The maximum Gasteiger partial charge on any atom is 0.237 e. The Kier molecular flexibility index (Phi) is 7.24. The number of carbonyl (C=O) groups is 2. The molecule has 0 unspecified atom stereocenters. The van der Waals surface area contributed by atoms with E-state index in [1.807, 2.05) is 11.0 Å². The minimum atomic E-state index is -0.997. The third-order valence-corrected chi connectivity index (χ3v) is 5.38. The number of nitrogens with zero attached hydrogens (tertiary/aromatic N) is 1. The maximum absolute atomic E-state index is 12.9. The number of hydrogen-bond donors (Lipinski definition) is 1. The number of carbonyl (C=O) groups excluding carboxylic acids is 2. The summed E-state index contributed by atoms with van der Waals surface area (Å²) in [5.41, 5.74) is 0.366. The summed E-state index contributed by atoms with van der Waals surface area (Å²) in [5.74, 6) is 0.953. The lowest BCUT2D eigenvalue weighted by atomic mass is 9.86. The van der Waals surface area contributed by atoms with Gasteiger partial charge in [-0.2, -0.15) is 0 Å². The molecule has 1 fully saturated rings. The van der Waals surface area contributed by atoms with Crippen LogP contribution in [-0.4, -0.2) is 36.3 Å². The largest absolute Gasteiger partial charge is 0.355 e. The van der Waals surface area contributed by atoms with Gasteiger partial charge in [0.25, 0.3) is 0 Å². The van der Waals surface area contributed by atoms with E-state index < -0.39 is 5.41 Å². The molecule has 4 heteroatoms. The molecule has 0 aliphatic carbocycles. The Morgan fingerprint density at radius 3 is 2.35 bits per heavy atom. The molecule has 1 aliphatic rings. The van der Waals surface area contributed by atoms with Gasteiger partial charge in [-0.15, -0.1) is 0 Å². The Morgan fingerprint density at radius 1 is 1.15 bits per heavy atom. The van der Waals surface area contributed by atoms with Crippen molar-refractivity contribution in [1.29, 1.82) is 0 Å². The highest BCUT2D eigenvalue weighted by molar-refractivity contribution is 6.04. The first kappa shape index (κ1) is 20.5. The summed E-state index contributed by atoms with van der Waals surface area (Å²) in [7, 11) is 0. The molecule has 144 valence electrons. The predicted molar refractivity (Wildman–Crippen MR) is 106 cm³/mol. The summed E-state index contributed by atoms with van der Waals surface area (Å²) in [5, 5.41) is 2.93. The Labute approximate surface area is 158 Å². The molecule has 1 aliphatic heterocycles. The van der Waals surface area contributed by atoms with Crippen LogP contribution in [0.1, 0.15) is 52.5 Å². The fraction of sp³-hybridized carbons (Fsp3) is 0.636. The van der Waals surface area contributed by atoms with Crippen LogP contribution in [0.25, 0.3) is 0 Å². The smallest absolute Gasteiger partial charge is 0.237 e. The zero-order chi connectivity index (χ0) is 19.2. The van der Waals surface area contributed by atoms with Gasteiger partial charge < -0.3 is 10.2 Å². The summed E-state index contributed by atoms with van der Waals surface area (Å²) in [6, 6.07) is 10.5. The number of rotatable bonds is 7. The van der Waals surface area contributed by atoms with Gasteiger partial charge in [-0.25, -0.2) is 0 Å². The second-order valence-corrected chi connectivity index (χ2v) is 8.49. The fourth-order valence-electron chi connectivity index (χ4n) is 3.48. The average molecular weight is 359 g/mol. The van der Waals surface area contributed by atoms with E-state index in [0.29, 0.717) is 18.4 Å². The standard InChI is InChI=1S/C22H34N2O2/c1-17(2)10-13-23-20(25)22(3,4)21(26)24-14-11-19(12-15-24)16-18-8-6-5-7-9-18/h5-9,17,19H,10-16H2,1-4H3,(H,23,25). The van der Waals surface area contributed by atoms with Crippen LogP contribution < -0.4 is 5.32 Å². The molecule has 1 aromatic rings. The molecule has 0 radical (unpaired) electrons. The lowest BCUT2D eigenvalue weighted by molar-refractivity contribution is -0.149. The lowest BCUT2D eigenvalue weighted by Crippen LogP contribution is -2.51. The molecule has 0 aromatic heterocycles. The van der Waals surface area contributed by atoms with Crippen LogP contribution in [0.5, 0.6) is 0 Å². The second-order valence-electron chi connectivity index (χ2n) is 8.49. The molecule has 1 aromatic carbocycles. The number of nitrogens with one attached hydrogen (secondary N) is 1. The predicted octanol–water partition coefficient (Wildman–Crippen LogP) is 3.66. The molecular weight excluding hydrogens is 324 g/mol. The Morgan fingerprint density at radius 2 is 1.77 bits per heavy atom. The number of amides is 2. The van der Waals surface area contributed by atoms with Gasteiger partial charge in [-0.05, 0) is 56.9 Å². The summed E-state index contributed by atoms with van der Waals surface area (Å²) in [6.07, 6.45) is 4.01. The highest BCUT2D eigenvalue weighted by atomic mass is 16.2. The van der Waals surface area contributed by atoms with Crippen molar-refractivity contribution in [3.63, 3.8) is 0 Å². The molecule has 0 saturated carbocycles. The van der Waals surface area contributed by atoms with Crippen molar-refractivity contribution >= 4 is 11.8 Å². The van der Waals surface area contributed by atoms with Crippen molar-refractivity contribution in [2.75, 3.05) is 19.6 Å². The molecule has 2 amide bonds. The average Bonchev–Trinajstić information content (AvgIpc) is 2.62. The molecule has 0 bridgehead atoms. The van der Waals surface area contributed by atoms with Gasteiger partial charge in [0.15, 0.2) is 0 Å². The Bertz CT molecular complexity index is 587. The summed E-state index contributed by atoms with van der Waals surface area (Å²) >= 11 is 0. The van der Waals surface area contributed by atoms with Crippen LogP contribution in [0.3, 0.4) is 0 Å². The minimum absolute atomic E-state index is 0.0438. The van der Waals surface area contributed by atoms with Crippen LogP contribution in [-0.2, 0) is 16.0 Å². The number of piperidine rings is 1. The van der Waals surface area contributed by atoms with E-state index in [9.17, 15) is 9.59 Å². The van der Waals surface area contributed by atoms with Gasteiger partial charge in [-0.3, -0.25) is 9.59 Å². The van der Waals surface area contributed by atoms with E-state index >= 15 is 0 Å². The molecule has 2 rings (SSSR count). The van der Waals surface area contributed by atoms with Gasteiger partial charge in [0.05, 0.1) is 0 Å².